The van der Waals surface area contributed by atoms with E-state index in [1.807, 2.05) is 0 Å². The van der Waals surface area contributed by atoms with Gasteiger partial charge in [0.15, 0.2) is 5.13 Å². The van der Waals surface area contributed by atoms with Gasteiger partial charge < -0.3 is 0 Å². The average Bonchev–Trinajstić information content (AvgIpc) is 2.79. The molecule has 0 aliphatic rings. The lowest BCUT2D eigenvalue weighted by Gasteiger charge is -2.09. The molecule has 2 aromatic rings. The lowest BCUT2D eigenvalue weighted by atomic mass is 10.2. The summed E-state index contributed by atoms with van der Waals surface area (Å²) in [6.45, 7) is 5.37. The first-order valence-electron chi connectivity index (χ1n) is 5.45. The van der Waals surface area contributed by atoms with E-state index >= 15 is 0 Å². The summed E-state index contributed by atoms with van der Waals surface area (Å²) < 4.78 is 27.0. The Morgan fingerprint density at radius 3 is 2.84 bits per heavy atom. The summed E-state index contributed by atoms with van der Waals surface area (Å²) >= 11 is 7.17. The average molecular weight is 316 g/mol. The minimum Gasteiger partial charge on any atom is -0.255 e. The molecule has 0 spiro atoms. The number of nitrogens with one attached hydrogen (secondary N) is 1. The Labute approximate surface area is 121 Å². The maximum Gasteiger partial charge on any atom is 0.263 e. The third-order valence-electron chi connectivity index (χ3n) is 2.54. The number of nitrogens with zero attached hydrogens (tertiary/aromatic N) is 1. The zero-order valence-corrected chi connectivity index (χ0v) is 12.6. The van der Waals surface area contributed by atoms with Gasteiger partial charge in [-0.15, -0.1) is 11.3 Å². The fraction of sp³-hybridized carbons (Fsp3) is 0.167. The highest BCUT2D eigenvalue weighted by Crippen LogP contribution is 2.25. The summed E-state index contributed by atoms with van der Waals surface area (Å²) in [5, 5.41) is 2.52. The highest BCUT2D eigenvalue weighted by Gasteiger charge is 2.19. The standard InChI is InChI=1S/C12H12ClN2O2S2/c1-3-9-7-18-12(14-9)15-19(16,17)11-6-4-5-10(13)8(11)2/h4-7H,1,3H2,2H3,(H,14,15). The van der Waals surface area contributed by atoms with Crippen molar-refractivity contribution in [1.29, 1.82) is 0 Å². The van der Waals surface area contributed by atoms with Crippen LogP contribution in [0.5, 0.6) is 0 Å². The van der Waals surface area contributed by atoms with Gasteiger partial charge in [0, 0.05) is 10.4 Å². The normalized spacial score (nSPS) is 11.5. The van der Waals surface area contributed by atoms with E-state index in [1.54, 1.807) is 24.4 Å². The van der Waals surface area contributed by atoms with Crippen molar-refractivity contribution in [1.82, 2.24) is 4.98 Å². The highest BCUT2D eigenvalue weighted by molar-refractivity contribution is 7.93. The van der Waals surface area contributed by atoms with Gasteiger partial charge in [0.2, 0.25) is 0 Å². The van der Waals surface area contributed by atoms with Gasteiger partial charge in [-0.3, -0.25) is 4.72 Å². The van der Waals surface area contributed by atoms with Crippen LogP contribution in [-0.4, -0.2) is 13.4 Å². The topological polar surface area (TPSA) is 59.1 Å². The maximum absolute atomic E-state index is 12.3. The zero-order valence-electron chi connectivity index (χ0n) is 10.2. The molecule has 0 bridgehead atoms. The van der Waals surface area contributed by atoms with Crippen LogP contribution >= 0.6 is 22.9 Å². The molecule has 0 atom stereocenters. The molecule has 0 aliphatic carbocycles. The smallest absolute Gasteiger partial charge is 0.255 e. The molecule has 4 nitrogen and oxygen atoms in total. The highest BCUT2D eigenvalue weighted by atomic mass is 35.5. The predicted molar refractivity (Wildman–Crippen MR) is 78.2 cm³/mol. The summed E-state index contributed by atoms with van der Waals surface area (Å²) in [5.41, 5.74) is 1.27. The number of aromatic nitrogens is 1. The lowest BCUT2D eigenvalue weighted by molar-refractivity contribution is 0.600. The van der Waals surface area contributed by atoms with Crippen molar-refractivity contribution in [3.05, 3.63) is 46.8 Å². The number of hydrogen-bond acceptors (Lipinski definition) is 4. The molecular formula is C12H12ClN2O2S2. The Hall–Kier alpha value is -1.11. The Morgan fingerprint density at radius 2 is 2.21 bits per heavy atom. The number of anilines is 1. The number of sulfonamides is 1. The third kappa shape index (κ3) is 3.08. The molecule has 1 radical (unpaired) electrons. The minimum atomic E-state index is -3.67. The number of benzene rings is 1. The molecule has 1 aromatic carbocycles. The van der Waals surface area contributed by atoms with Crippen LogP contribution in [-0.2, 0) is 16.4 Å². The first kappa shape index (κ1) is 14.3. The van der Waals surface area contributed by atoms with Crippen LogP contribution in [0.3, 0.4) is 0 Å². The minimum absolute atomic E-state index is 0.159. The summed E-state index contributed by atoms with van der Waals surface area (Å²) in [5.74, 6) is 0. The summed E-state index contributed by atoms with van der Waals surface area (Å²) in [6.07, 6.45) is 0.522. The molecular weight excluding hydrogens is 304 g/mol. The molecule has 1 heterocycles. The van der Waals surface area contributed by atoms with Crippen molar-refractivity contribution < 1.29 is 8.42 Å². The van der Waals surface area contributed by atoms with Crippen molar-refractivity contribution in [3.63, 3.8) is 0 Å². The molecule has 0 fully saturated rings. The van der Waals surface area contributed by atoms with Crippen molar-refractivity contribution in [2.75, 3.05) is 4.72 Å². The van der Waals surface area contributed by atoms with Crippen LogP contribution in [0.25, 0.3) is 0 Å². The Kier molecular flexibility index (Phi) is 4.13. The monoisotopic (exact) mass is 315 g/mol. The van der Waals surface area contributed by atoms with E-state index in [0.29, 0.717) is 22.1 Å². The SMILES string of the molecule is [CH2]Cc1csc(NS(=O)(=O)c2cccc(Cl)c2C)n1. The van der Waals surface area contributed by atoms with E-state index in [4.69, 9.17) is 11.6 Å². The fourth-order valence-electron chi connectivity index (χ4n) is 1.52. The quantitative estimate of drug-likeness (QED) is 0.942. The van der Waals surface area contributed by atoms with Gasteiger partial charge >= 0.3 is 0 Å². The van der Waals surface area contributed by atoms with Crippen molar-refractivity contribution in [2.45, 2.75) is 18.2 Å². The fourth-order valence-corrected chi connectivity index (χ4v) is 4.01. The molecule has 1 N–H and O–H groups in total. The molecule has 0 amide bonds. The Bertz CT molecular complexity index is 696. The molecule has 0 saturated carbocycles. The van der Waals surface area contributed by atoms with Gasteiger partial charge in [0.1, 0.15) is 0 Å². The third-order valence-corrected chi connectivity index (χ3v) is 5.37. The van der Waals surface area contributed by atoms with Gasteiger partial charge in [-0.05, 0) is 38.0 Å². The summed E-state index contributed by atoms with van der Waals surface area (Å²) in [7, 11) is -3.67. The predicted octanol–water partition coefficient (Wildman–Crippen LogP) is 3.28. The van der Waals surface area contributed by atoms with Crippen LogP contribution in [0, 0.1) is 13.8 Å². The van der Waals surface area contributed by atoms with E-state index in [1.165, 1.54) is 17.4 Å². The van der Waals surface area contributed by atoms with E-state index in [-0.39, 0.29) is 4.90 Å². The van der Waals surface area contributed by atoms with Gasteiger partial charge in [-0.25, -0.2) is 13.4 Å². The lowest BCUT2D eigenvalue weighted by Crippen LogP contribution is -2.14. The van der Waals surface area contributed by atoms with Crippen LogP contribution in [0.1, 0.15) is 11.3 Å². The van der Waals surface area contributed by atoms with Crippen LogP contribution in [0.4, 0.5) is 5.13 Å². The van der Waals surface area contributed by atoms with Crippen LogP contribution in [0.15, 0.2) is 28.5 Å². The van der Waals surface area contributed by atoms with Crippen LogP contribution in [0.2, 0.25) is 5.02 Å². The Morgan fingerprint density at radius 1 is 1.47 bits per heavy atom. The number of halogens is 1. The second-order valence-corrected chi connectivity index (χ2v) is 6.78. The second-order valence-electron chi connectivity index (χ2n) is 3.86. The molecule has 1 aromatic heterocycles. The molecule has 0 aliphatic heterocycles. The van der Waals surface area contributed by atoms with Gasteiger partial charge in [-0.2, -0.15) is 0 Å². The van der Waals surface area contributed by atoms with Gasteiger partial charge in [0.25, 0.3) is 10.0 Å². The van der Waals surface area contributed by atoms with E-state index in [0.717, 1.165) is 5.69 Å². The molecule has 2 rings (SSSR count). The maximum atomic E-state index is 12.3. The van der Waals surface area contributed by atoms with E-state index < -0.39 is 10.0 Å². The Balaban J connectivity index is 2.35. The first-order valence-corrected chi connectivity index (χ1v) is 8.19. The number of rotatable bonds is 4. The van der Waals surface area contributed by atoms with Gasteiger partial charge in [0.05, 0.1) is 10.6 Å². The molecule has 0 saturated heterocycles. The molecule has 101 valence electrons. The number of thiazole rings is 1. The van der Waals surface area contributed by atoms with E-state index in [9.17, 15) is 8.42 Å². The first-order chi connectivity index (χ1) is 8.94. The molecule has 7 heteroatoms. The summed E-state index contributed by atoms with van der Waals surface area (Å²) in [6, 6.07) is 4.77. The van der Waals surface area contributed by atoms with E-state index in [2.05, 4.69) is 16.6 Å². The second kappa shape index (κ2) is 5.48. The zero-order chi connectivity index (χ0) is 14.0. The van der Waals surface area contributed by atoms with Crippen LogP contribution < -0.4 is 4.72 Å². The van der Waals surface area contributed by atoms with Crippen molar-refractivity contribution >= 4 is 38.1 Å². The van der Waals surface area contributed by atoms with Gasteiger partial charge in [-0.1, -0.05) is 17.7 Å². The molecule has 0 unspecified atom stereocenters. The number of hydrogen-bond donors (Lipinski definition) is 1. The van der Waals surface area contributed by atoms with Crippen molar-refractivity contribution in [2.24, 2.45) is 0 Å². The van der Waals surface area contributed by atoms with Crippen molar-refractivity contribution in [3.8, 4) is 0 Å². The summed E-state index contributed by atoms with van der Waals surface area (Å²) in [4.78, 5) is 4.28. The largest absolute Gasteiger partial charge is 0.263 e. The molecule has 19 heavy (non-hydrogen) atoms.